The monoisotopic (exact) mass is 263 g/mol. The Morgan fingerprint density at radius 3 is 2.72 bits per heavy atom. The highest BCUT2D eigenvalue weighted by Gasteiger charge is 2.17. The third-order valence-corrected chi connectivity index (χ3v) is 5.05. The fraction of sp³-hybridized carbons (Fsp3) is 0.625. The Balaban J connectivity index is 2.11. The summed E-state index contributed by atoms with van der Waals surface area (Å²) in [7, 11) is 2.06. The maximum atomic E-state index is 3.34. The van der Waals surface area contributed by atoms with Crippen molar-refractivity contribution < 1.29 is 0 Å². The van der Waals surface area contributed by atoms with E-state index in [0.29, 0.717) is 0 Å². The summed E-state index contributed by atoms with van der Waals surface area (Å²) in [5.74, 6) is 0.818. The van der Waals surface area contributed by atoms with E-state index in [-0.39, 0.29) is 0 Å². The van der Waals surface area contributed by atoms with Crippen LogP contribution in [0.3, 0.4) is 0 Å². The fourth-order valence-electron chi connectivity index (χ4n) is 2.84. The van der Waals surface area contributed by atoms with Crippen molar-refractivity contribution in [1.82, 2.24) is 5.32 Å². The van der Waals surface area contributed by atoms with Crippen molar-refractivity contribution in [1.29, 1.82) is 0 Å². The Kier molecular flexibility index (Phi) is 5.45. The first kappa shape index (κ1) is 13.8. The minimum atomic E-state index is 0.818. The summed E-state index contributed by atoms with van der Waals surface area (Å²) in [6.45, 7) is 3.28. The highest BCUT2D eigenvalue weighted by atomic mass is 32.1. The quantitative estimate of drug-likeness (QED) is 0.825. The third-order valence-electron chi connectivity index (χ3n) is 3.87. The molecule has 1 heterocycles. The Hall–Kier alpha value is -0.600. The molecule has 0 atom stereocenters. The smallest absolute Gasteiger partial charge is 0.0273 e. The van der Waals surface area contributed by atoms with Gasteiger partial charge in [-0.05, 0) is 50.4 Å². The van der Waals surface area contributed by atoms with Gasteiger partial charge in [-0.3, -0.25) is 0 Å². The van der Waals surface area contributed by atoms with Gasteiger partial charge in [0.2, 0.25) is 0 Å². The summed E-state index contributed by atoms with van der Waals surface area (Å²) in [6.07, 6.45) is 10.6. The molecule has 0 spiro atoms. The molecular formula is C16H25NS. The standard InChI is InChI=1S/C16H25NS/c1-3-15-9-10-16(18-15)11-14(12-17-2)13-7-5-4-6-8-13/h9-11,13,17H,3-8,12H2,1-2H3. The first-order valence-corrected chi connectivity index (χ1v) is 8.09. The average Bonchev–Trinajstić information content (AvgIpc) is 2.87. The fourth-order valence-corrected chi connectivity index (χ4v) is 3.77. The summed E-state index contributed by atoms with van der Waals surface area (Å²) in [4.78, 5) is 2.93. The molecule has 0 saturated heterocycles. The SMILES string of the molecule is CCc1ccc(C=C(CNC)C2CCCCC2)s1. The largest absolute Gasteiger partial charge is 0.316 e. The van der Waals surface area contributed by atoms with E-state index in [1.807, 2.05) is 11.3 Å². The van der Waals surface area contributed by atoms with Gasteiger partial charge in [0.1, 0.15) is 0 Å². The van der Waals surface area contributed by atoms with Crippen molar-refractivity contribution in [3.05, 3.63) is 27.5 Å². The summed E-state index contributed by atoms with van der Waals surface area (Å²) >= 11 is 1.95. The first-order valence-electron chi connectivity index (χ1n) is 7.27. The summed E-state index contributed by atoms with van der Waals surface area (Å²) < 4.78 is 0. The Morgan fingerprint density at radius 2 is 2.11 bits per heavy atom. The van der Waals surface area contributed by atoms with E-state index in [4.69, 9.17) is 0 Å². The van der Waals surface area contributed by atoms with Gasteiger partial charge in [-0.15, -0.1) is 11.3 Å². The van der Waals surface area contributed by atoms with Crippen LogP contribution in [0.2, 0.25) is 0 Å². The molecule has 1 aromatic rings. The molecule has 1 N–H and O–H groups in total. The topological polar surface area (TPSA) is 12.0 Å². The molecule has 0 radical (unpaired) electrons. The molecule has 1 aliphatic carbocycles. The van der Waals surface area contributed by atoms with E-state index >= 15 is 0 Å². The molecule has 0 unspecified atom stereocenters. The minimum Gasteiger partial charge on any atom is -0.316 e. The molecule has 0 aliphatic heterocycles. The van der Waals surface area contributed by atoms with E-state index in [9.17, 15) is 0 Å². The van der Waals surface area contributed by atoms with Gasteiger partial charge in [0, 0.05) is 16.3 Å². The van der Waals surface area contributed by atoms with Crippen LogP contribution < -0.4 is 5.32 Å². The summed E-state index contributed by atoms with van der Waals surface area (Å²) in [6, 6.07) is 4.55. The van der Waals surface area contributed by atoms with Gasteiger partial charge >= 0.3 is 0 Å². The van der Waals surface area contributed by atoms with E-state index in [1.165, 1.54) is 41.9 Å². The predicted octanol–water partition coefficient (Wildman–Crippen LogP) is 4.49. The molecule has 2 heteroatoms. The zero-order chi connectivity index (χ0) is 12.8. The highest BCUT2D eigenvalue weighted by molar-refractivity contribution is 7.12. The van der Waals surface area contributed by atoms with E-state index < -0.39 is 0 Å². The summed E-state index contributed by atoms with van der Waals surface area (Å²) in [5, 5.41) is 3.34. The molecule has 100 valence electrons. The van der Waals surface area contributed by atoms with E-state index in [0.717, 1.165) is 18.9 Å². The van der Waals surface area contributed by atoms with Crippen LogP contribution in [0.5, 0.6) is 0 Å². The number of aryl methyl sites for hydroxylation is 1. The van der Waals surface area contributed by atoms with Crippen LogP contribution in [0.15, 0.2) is 17.7 Å². The molecule has 0 bridgehead atoms. The second-order valence-corrected chi connectivity index (χ2v) is 6.44. The van der Waals surface area contributed by atoms with Gasteiger partial charge in [0.15, 0.2) is 0 Å². The van der Waals surface area contributed by atoms with Crippen LogP contribution in [0, 0.1) is 5.92 Å². The van der Waals surface area contributed by atoms with Crippen LogP contribution in [-0.2, 0) is 6.42 Å². The molecule has 0 amide bonds. The average molecular weight is 263 g/mol. The van der Waals surface area contributed by atoms with Gasteiger partial charge < -0.3 is 5.32 Å². The Bertz CT molecular complexity index is 386. The van der Waals surface area contributed by atoms with Crippen molar-refractivity contribution in [2.24, 2.45) is 5.92 Å². The van der Waals surface area contributed by atoms with E-state index in [1.54, 1.807) is 5.57 Å². The molecule has 0 aromatic carbocycles. The predicted molar refractivity (Wildman–Crippen MR) is 82.2 cm³/mol. The van der Waals surface area contributed by atoms with Gasteiger partial charge in [-0.1, -0.05) is 31.8 Å². The lowest BCUT2D eigenvalue weighted by Crippen LogP contribution is -2.18. The van der Waals surface area contributed by atoms with Crippen LogP contribution in [0.4, 0.5) is 0 Å². The summed E-state index contributed by atoms with van der Waals surface area (Å²) in [5.41, 5.74) is 1.61. The number of hydrogen-bond acceptors (Lipinski definition) is 2. The number of rotatable bonds is 5. The molecular weight excluding hydrogens is 238 g/mol. The lowest BCUT2D eigenvalue weighted by molar-refractivity contribution is 0.398. The van der Waals surface area contributed by atoms with E-state index in [2.05, 4.69) is 37.5 Å². The number of thiophene rings is 1. The van der Waals surface area contributed by atoms with Crippen LogP contribution >= 0.6 is 11.3 Å². The van der Waals surface area contributed by atoms with Gasteiger partial charge in [0.05, 0.1) is 0 Å². The highest BCUT2D eigenvalue weighted by Crippen LogP contribution is 2.31. The third kappa shape index (κ3) is 3.69. The maximum absolute atomic E-state index is 3.34. The number of likely N-dealkylation sites (N-methyl/N-ethyl adjacent to an activating group) is 1. The van der Waals surface area contributed by atoms with Crippen molar-refractivity contribution in [3.8, 4) is 0 Å². The molecule has 2 rings (SSSR count). The lowest BCUT2D eigenvalue weighted by atomic mass is 9.83. The van der Waals surface area contributed by atoms with Crippen LogP contribution in [0.25, 0.3) is 6.08 Å². The number of nitrogens with one attached hydrogen (secondary N) is 1. The van der Waals surface area contributed by atoms with Crippen LogP contribution in [0.1, 0.15) is 48.8 Å². The Labute approximate surface area is 115 Å². The maximum Gasteiger partial charge on any atom is 0.0273 e. The molecule has 18 heavy (non-hydrogen) atoms. The minimum absolute atomic E-state index is 0.818. The van der Waals surface area contributed by atoms with Crippen molar-refractivity contribution in [2.75, 3.05) is 13.6 Å². The molecule has 1 aliphatic rings. The lowest BCUT2D eigenvalue weighted by Gasteiger charge is -2.24. The normalized spacial score (nSPS) is 18.2. The van der Waals surface area contributed by atoms with Crippen molar-refractivity contribution >= 4 is 17.4 Å². The van der Waals surface area contributed by atoms with Crippen molar-refractivity contribution in [3.63, 3.8) is 0 Å². The zero-order valence-corrected chi connectivity index (χ0v) is 12.5. The number of hydrogen-bond donors (Lipinski definition) is 1. The second-order valence-electron chi connectivity index (χ2n) is 5.24. The van der Waals surface area contributed by atoms with Gasteiger partial charge in [-0.2, -0.15) is 0 Å². The van der Waals surface area contributed by atoms with Crippen LogP contribution in [-0.4, -0.2) is 13.6 Å². The molecule has 1 aromatic heterocycles. The molecule has 1 nitrogen and oxygen atoms in total. The zero-order valence-electron chi connectivity index (χ0n) is 11.7. The van der Waals surface area contributed by atoms with Gasteiger partial charge in [-0.25, -0.2) is 0 Å². The van der Waals surface area contributed by atoms with Gasteiger partial charge in [0.25, 0.3) is 0 Å². The second kappa shape index (κ2) is 7.10. The first-order chi connectivity index (χ1) is 8.83. The molecule has 1 fully saturated rings. The Morgan fingerprint density at radius 1 is 1.33 bits per heavy atom. The van der Waals surface area contributed by atoms with Crippen molar-refractivity contribution in [2.45, 2.75) is 45.4 Å². The molecule has 1 saturated carbocycles.